The summed E-state index contributed by atoms with van der Waals surface area (Å²) in [4.78, 5) is 32.0. The summed E-state index contributed by atoms with van der Waals surface area (Å²) in [6, 6.07) is -0.333. The van der Waals surface area contributed by atoms with Crippen LogP contribution in [0.3, 0.4) is 0 Å². The second-order valence-corrected chi connectivity index (χ2v) is 3.33. The van der Waals surface area contributed by atoms with Crippen LogP contribution in [-0.4, -0.2) is 37.1 Å². The van der Waals surface area contributed by atoms with Crippen LogP contribution in [0.2, 0.25) is 0 Å². The summed E-state index contributed by atoms with van der Waals surface area (Å²) in [6.07, 6.45) is 0.409. The Balaban J connectivity index is 3.94. The Hall–Kier alpha value is -1.59. The van der Waals surface area contributed by atoms with Crippen LogP contribution in [0.25, 0.3) is 0 Å². The summed E-state index contributed by atoms with van der Waals surface area (Å²) in [6.45, 7) is 4.22. The average Bonchev–Trinajstić information content (AvgIpc) is 2.12. The monoisotopic (exact) mass is 231 g/mol. The lowest BCUT2D eigenvalue weighted by Crippen LogP contribution is -2.38. The Bertz CT molecular complexity index is 264. The Kier molecular flexibility index (Phi) is 6.91. The molecule has 0 bridgehead atoms. The molecule has 0 aliphatic rings. The van der Waals surface area contributed by atoms with Crippen molar-refractivity contribution in [3.05, 3.63) is 0 Å². The van der Waals surface area contributed by atoms with Crippen molar-refractivity contribution in [1.29, 1.82) is 0 Å². The molecule has 0 aliphatic carbocycles. The Labute approximate surface area is 94.3 Å². The van der Waals surface area contributed by atoms with Gasteiger partial charge in [-0.3, -0.25) is 14.4 Å². The van der Waals surface area contributed by atoms with Gasteiger partial charge in [0.15, 0.2) is 0 Å². The normalized spacial score (nSPS) is 11.4. The van der Waals surface area contributed by atoms with E-state index in [9.17, 15) is 14.4 Å². The molecular formula is C10H17NO5. The minimum Gasteiger partial charge on any atom is -0.466 e. The Morgan fingerprint density at radius 2 is 1.62 bits per heavy atom. The van der Waals surface area contributed by atoms with Crippen molar-refractivity contribution in [3.63, 3.8) is 0 Å². The fraction of sp³-hybridized carbons (Fsp3) is 0.700. The fourth-order valence-corrected chi connectivity index (χ4v) is 1.05. The first-order valence-electron chi connectivity index (χ1n) is 4.95. The van der Waals surface area contributed by atoms with E-state index in [0.717, 1.165) is 0 Å². The summed E-state index contributed by atoms with van der Waals surface area (Å²) < 4.78 is 9.50. The molecule has 0 radical (unpaired) electrons. The highest BCUT2D eigenvalue weighted by Gasteiger charge is 2.12. The molecule has 0 saturated heterocycles. The molecule has 0 saturated carbocycles. The van der Waals surface area contributed by atoms with Crippen molar-refractivity contribution >= 4 is 17.8 Å². The second-order valence-electron chi connectivity index (χ2n) is 3.33. The first kappa shape index (κ1) is 14.4. The number of carbonyl (C=O) groups is 3. The molecule has 0 aliphatic heterocycles. The van der Waals surface area contributed by atoms with Gasteiger partial charge in [0.25, 0.3) is 0 Å². The summed E-state index contributed by atoms with van der Waals surface area (Å²) >= 11 is 0. The lowest BCUT2D eigenvalue weighted by molar-refractivity contribution is -0.144. The molecule has 0 unspecified atom stereocenters. The van der Waals surface area contributed by atoms with Crippen molar-refractivity contribution in [3.8, 4) is 0 Å². The van der Waals surface area contributed by atoms with Crippen LogP contribution < -0.4 is 5.32 Å². The van der Waals surface area contributed by atoms with E-state index in [1.807, 2.05) is 0 Å². The molecule has 0 fully saturated rings. The van der Waals surface area contributed by atoms with Gasteiger partial charge in [0.1, 0.15) is 6.61 Å². The molecule has 16 heavy (non-hydrogen) atoms. The van der Waals surface area contributed by atoms with Gasteiger partial charge in [-0.25, -0.2) is 0 Å². The van der Waals surface area contributed by atoms with Crippen molar-refractivity contribution in [2.75, 3.05) is 13.2 Å². The van der Waals surface area contributed by atoms with E-state index in [2.05, 4.69) is 5.32 Å². The number of hydrogen-bond acceptors (Lipinski definition) is 5. The Morgan fingerprint density at radius 1 is 1.06 bits per heavy atom. The molecule has 1 amide bonds. The molecule has 6 heteroatoms. The predicted octanol–water partition coefficient (Wildman–Crippen LogP) is 0.00740. The fourth-order valence-electron chi connectivity index (χ4n) is 1.05. The SMILES string of the molecule is CC(=O)N[C@@H](CCOC(C)=O)COC(C)=O. The van der Waals surface area contributed by atoms with Gasteiger partial charge in [0.05, 0.1) is 12.6 Å². The quantitative estimate of drug-likeness (QED) is 0.651. The van der Waals surface area contributed by atoms with E-state index in [1.54, 1.807) is 0 Å². The van der Waals surface area contributed by atoms with E-state index in [1.165, 1.54) is 20.8 Å². The highest BCUT2D eigenvalue weighted by atomic mass is 16.5. The van der Waals surface area contributed by atoms with E-state index >= 15 is 0 Å². The molecule has 0 rings (SSSR count). The molecule has 0 spiro atoms. The third-order valence-corrected chi connectivity index (χ3v) is 1.67. The maximum Gasteiger partial charge on any atom is 0.302 e. The first-order chi connectivity index (χ1) is 7.41. The number of amides is 1. The number of esters is 2. The van der Waals surface area contributed by atoms with E-state index in [0.29, 0.717) is 6.42 Å². The zero-order chi connectivity index (χ0) is 12.6. The lowest BCUT2D eigenvalue weighted by Gasteiger charge is -2.17. The summed E-state index contributed by atoms with van der Waals surface area (Å²) in [5, 5.41) is 2.60. The lowest BCUT2D eigenvalue weighted by atomic mass is 10.2. The van der Waals surface area contributed by atoms with Crippen molar-refractivity contribution in [2.45, 2.75) is 33.2 Å². The van der Waals surface area contributed by atoms with E-state index < -0.39 is 5.97 Å². The molecule has 92 valence electrons. The van der Waals surface area contributed by atoms with Crippen LogP contribution in [0.15, 0.2) is 0 Å². The van der Waals surface area contributed by atoms with Crippen molar-refractivity contribution in [2.24, 2.45) is 0 Å². The average molecular weight is 231 g/mol. The molecule has 0 aromatic heterocycles. The number of carbonyl (C=O) groups excluding carboxylic acids is 3. The van der Waals surface area contributed by atoms with Crippen molar-refractivity contribution in [1.82, 2.24) is 5.32 Å². The molecule has 1 N–H and O–H groups in total. The van der Waals surface area contributed by atoms with Gasteiger partial charge in [-0.05, 0) is 0 Å². The topological polar surface area (TPSA) is 81.7 Å². The third kappa shape index (κ3) is 8.98. The number of hydrogen-bond donors (Lipinski definition) is 1. The summed E-state index contributed by atoms with van der Waals surface area (Å²) in [5.74, 6) is -1.02. The van der Waals surface area contributed by atoms with Crippen LogP contribution in [0.4, 0.5) is 0 Å². The predicted molar refractivity (Wildman–Crippen MR) is 55.5 cm³/mol. The third-order valence-electron chi connectivity index (χ3n) is 1.67. The minimum absolute atomic E-state index is 0.0795. The maximum atomic E-state index is 10.8. The van der Waals surface area contributed by atoms with Gasteiger partial charge in [-0.1, -0.05) is 0 Å². The molecule has 0 aromatic carbocycles. The van der Waals surface area contributed by atoms with E-state index in [4.69, 9.17) is 9.47 Å². The Morgan fingerprint density at radius 3 is 2.06 bits per heavy atom. The summed E-state index contributed by atoms with van der Waals surface area (Å²) in [5.41, 5.74) is 0. The van der Waals surface area contributed by atoms with E-state index in [-0.39, 0.29) is 31.1 Å². The van der Waals surface area contributed by atoms with Gasteiger partial charge in [0, 0.05) is 27.2 Å². The molecular weight excluding hydrogens is 214 g/mol. The molecule has 1 atom stereocenters. The molecule has 0 aromatic rings. The zero-order valence-electron chi connectivity index (χ0n) is 9.74. The highest BCUT2D eigenvalue weighted by Crippen LogP contribution is 1.96. The van der Waals surface area contributed by atoms with Crippen molar-refractivity contribution < 1.29 is 23.9 Å². The number of ether oxygens (including phenoxy) is 2. The van der Waals surface area contributed by atoms with Gasteiger partial charge >= 0.3 is 11.9 Å². The molecule has 6 nitrogen and oxygen atoms in total. The summed E-state index contributed by atoms with van der Waals surface area (Å²) in [7, 11) is 0. The maximum absolute atomic E-state index is 10.8. The van der Waals surface area contributed by atoms with Gasteiger partial charge < -0.3 is 14.8 Å². The van der Waals surface area contributed by atoms with Gasteiger partial charge in [-0.15, -0.1) is 0 Å². The van der Waals surface area contributed by atoms with Crippen LogP contribution in [0.1, 0.15) is 27.2 Å². The van der Waals surface area contributed by atoms with Gasteiger partial charge in [0.2, 0.25) is 5.91 Å². The standard InChI is InChI=1S/C10H17NO5/c1-7(12)11-10(6-16-9(3)14)4-5-15-8(2)13/h10H,4-6H2,1-3H3,(H,11,12)/t10-/m0/s1. The smallest absolute Gasteiger partial charge is 0.302 e. The molecule has 0 heterocycles. The number of rotatable bonds is 6. The second kappa shape index (κ2) is 7.67. The largest absolute Gasteiger partial charge is 0.466 e. The number of nitrogens with one attached hydrogen (secondary N) is 1. The highest BCUT2D eigenvalue weighted by molar-refractivity contribution is 5.73. The van der Waals surface area contributed by atoms with Gasteiger partial charge in [-0.2, -0.15) is 0 Å². The first-order valence-corrected chi connectivity index (χ1v) is 4.95. The minimum atomic E-state index is -0.414. The van der Waals surface area contributed by atoms with Crippen LogP contribution in [-0.2, 0) is 23.9 Å². The zero-order valence-corrected chi connectivity index (χ0v) is 9.74. The van der Waals surface area contributed by atoms with Crippen LogP contribution in [0.5, 0.6) is 0 Å². The van der Waals surface area contributed by atoms with Crippen LogP contribution in [0, 0.1) is 0 Å². The van der Waals surface area contributed by atoms with Crippen LogP contribution >= 0.6 is 0 Å².